The van der Waals surface area contributed by atoms with E-state index in [2.05, 4.69) is 16.6 Å². The van der Waals surface area contributed by atoms with Crippen LogP contribution in [-0.2, 0) is 0 Å². The minimum atomic E-state index is -2.92. The van der Waals surface area contributed by atoms with Gasteiger partial charge in [0.25, 0.3) is 6.04 Å². The highest BCUT2D eigenvalue weighted by Crippen LogP contribution is 2.18. The maximum Gasteiger partial charge on any atom is 0.387 e. The second-order valence-electron chi connectivity index (χ2n) is 6.10. The number of aromatic nitrogens is 1. The van der Waals surface area contributed by atoms with Crippen molar-refractivity contribution in [2.45, 2.75) is 12.7 Å². The van der Waals surface area contributed by atoms with Gasteiger partial charge in [-0.1, -0.05) is 18.3 Å². The van der Waals surface area contributed by atoms with Crippen LogP contribution < -0.4 is 19.5 Å². The molecule has 2 aromatic rings. The second-order valence-corrected chi connectivity index (χ2v) is 6.54. The van der Waals surface area contributed by atoms with Crippen molar-refractivity contribution in [3.8, 4) is 5.75 Å². The van der Waals surface area contributed by atoms with E-state index >= 15 is 0 Å². The Kier molecular flexibility index (Phi) is 7.57. The van der Waals surface area contributed by atoms with Gasteiger partial charge in [0.05, 0.1) is 0 Å². The number of ketones is 1. The Hall–Kier alpha value is -2.87. The number of rotatable bonds is 9. The number of carbonyl (C=O) groups excluding carboxylic acids is 1. The van der Waals surface area contributed by atoms with Crippen LogP contribution in [0.15, 0.2) is 61.4 Å². The number of ether oxygens (including phenoxy) is 1. The van der Waals surface area contributed by atoms with Gasteiger partial charge < -0.3 is 15.0 Å². The van der Waals surface area contributed by atoms with Crippen molar-refractivity contribution in [3.05, 3.63) is 67.0 Å². The molecule has 28 heavy (non-hydrogen) atoms. The van der Waals surface area contributed by atoms with Crippen LogP contribution in [0.25, 0.3) is 0 Å². The molecule has 5 nitrogen and oxygen atoms in total. The first kappa shape index (κ1) is 21.4. The normalized spacial score (nSPS) is 11.6. The predicted octanol–water partition coefficient (Wildman–Crippen LogP) is 3.17. The molecule has 148 valence electrons. The van der Waals surface area contributed by atoms with E-state index in [-0.39, 0.29) is 11.5 Å². The largest absolute Gasteiger partial charge is 0.435 e. The van der Waals surface area contributed by atoms with Crippen molar-refractivity contribution in [2.24, 2.45) is 0 Å². The molecule has 1 heterocycles. The standard InChI is InChI=1S/C20H21F2N3O2S/c1-4-11-23-19(28)17(25-12-9-15(10-13-25)24(2)3)18(26)14-5-7-16(8-6-14)27-20(21)22/h4-10,12-13,17,20H,1,11H2,2-3H3/p+1/t17-/m0/s1. The quantitative estimate of drug-likeness (QED) is 0.300. The lowest BCUT2D eigenvalue weighted by Gasteiger charge is -2.16. The number of benzene rings is 1. The summed E-state index contributed by atoms with van der Waals surface area (Å²) in [5, 5.41) is 2.99. The number of Topliss-reactive ketones (excluding diaryl/α,β-unsaturated/α-hetero) is 1. The molecule has 0 bridgehead atoms. The monoisotopic (exact) mass is 406 g/mol. The molecule has 0 saturated heterocycles. The van der Waals surface area contributed by atoms with Crippen molar-refractivity contribution in [1.82, 2.24) is 5.32 Å². The van der Waals surface area contributed by atoms with Crippen LogP contribution in [0.3, 0.4) is 0 Å². The van der Waals surface area contributed by atoms with Crippen LogP contribution in [-0.4, -0.2) is 38.0 Å². The van der Waals surface area contributed by atoms with Crippen LogP contribution in [0.4, 0.5) is 14.5 Å². The number of hydrogen-bond donors (Lipinski definition) is 1. The number of hydrogen-bond acceptors (Lipinski definition) is 4. The molecule has 0 unspecified atom stereocenters. The highest BCUT2D eigenvalue weighted by Gasteiger charge is 2.33. The van der Waals surface area contributed by atoms with Gasteiger partial charge in [-0.3, -0.25) is 4.79 Å². The Labute approximate surface area is 168 Å². The fraction of sp³-hybridized carbons (Fsp3) is 0.250. The van der Waals surface area contributed by atoms with Gasteiger partial charge in [-0.2, -0.15) is 13.3 Å². The van der Waals surface area contributed by atoms with Crippen molar-refractivity contribution in [3.63, 3.8) is 0 Å². The molecule has 0 aliphatic carbocycles. The Balaban J connectivity index is 2.33. The van der Waals surface area contributed by atoms with Crippen molar-refractivity contribution < 1.29 is 22.9 Å². The summed E-state index contributed by atoms with van der Waals surface area (Å²) in [6.07, 6.45) is 5.19. The van der Waals surface area contributed by atoms with Crippen LogP contribution >= 0.6 is 12.2 Å². The molecule has 1 atom stereocenters. The summed E-state index contributed by atoms with van der Waals surface area (Å²) in [5.74, 6) is -0.286. The van der Waals surface area contributed by atoms with Gasteiger partial charge in [0.2, 0.25) is 5.78 Å². The Morgan fingerprint density at radius 1 is 1.25 bits per heavy atom. The molecular formula is C20H22F2N3O2S+. The number of halogens is 2. The zero-order chi connectivity index (χ0) is 20.7. The average Bonchev–Trinajstić information content (AvgIpc) is 2.67. The molecule has 0 amide bonds. The number of alkyl halides is 2. The predicted molar refractivity (Wildman–Crippen MR) is 108 cm³/mol. The van der Waals surface area contributed by atoms with Crippen LogP contribution in [0.2, 0.25) is 0 Å². The van der Waals surface area contributed by atoms with E-state index in [0.717, 1.165) is 5.69 Å². The molecular weight excluding hydrogens is 384 g/mol. The van der Waals surface area contributed by atoms with Gasteiger partial charge in [-0.05, 0) is 24.3 Å². The highest BCUT2D eigenvalue weighted by atomic mass is 32.1. The number of nitrogens with one attached hydrogen (secondary N) is 1. The number of nitrogens with zero attached hydrogens (tertiary/aromatic N) is 2. The van der Waals surface area contributed by atoms with E-state index in [0.29, 0.717) is 17.1 Å². The molecule has 2 rings (SSSR count). The van der Waals surface area contributed by atoms with Crippen LogP contribution in [0.1, 0.15) is 16.4 Å². The van der Waals surface area contributed by atoms with Crippen LogP contribution in [0.5, 0.6) is 5.75 Å². The van der Waals surface area contributed by atoms with E-state index in [1.54, 1.807) is 23.0 Å². The smallest absolute Gasteiger partial charge is 0.387 e. The third-order valence-electron chi connectivity index (χ3n) is 3.93. The van der Waals surface area contributed by atoms with Gasteiger partial charge in [0, 0.05) is 44.0 Å². The highest BCUT2D eigenvalue weighted by molar-refractivity contribution is 7.80. The summed E-state index contributed by atoms with van der Waals surface area (Å²) in [4.78, 5) is 15.4. The first-order chi connectivity index (χ1) is 13.3. The van der Waals surface area contributed by atoms with Gasteiger partial charge in [-0.15, -0.1) is 6.58 Å². The Bertz CT molecular complexity index is 824. The fourth-order valence-electron chi connectivity index (χ4n) is 2.52. The first-order valence-corrected chi connectivity index (χ1v) is 8.90. The van der Waals surface area contributed by atoms with Crippen molar-refractivity contribution >= 4 is 28.7 Å². The van der Waals surface area contributed by atoms with Crippen molar-refractivity contribution in [1.29, 1.82) is 0 Å². The molecule has 0 aliphatic rings. The lowest BCUT2D eigenvalue weighted by Crippen LogP contribution is -2.51. The molecule has 1 aromatic carbocycles. The minimum Gasteiger partial charge on any atom is -0.435 e. The van der Waals surface area contributed by atoms with Crippen molar-refractivity contribution in [2.75, 3.05) is 25.5 Å². The summed E-state index contributed by atoms with van der Waals surface area (Å²) >= 11 is 5.43. The van der Waals surface area contributed by atoms with Gasteiger partial charge in [0.1, 0.15) is 5.75 Å². The third kappa shape index (κ3) is 5.56. The lowest BCUT2D eigenvalue weighted by atomic mass is 10.0. The molecule has 0 radical (unpaired) electrons. The summed E-state index contributed by atoms with van der Waals surface area (Å²) < 4.78 is 30.7. The second kappa shape index (κ2) is 9.89. The molecule has 0 saturated carbocycles. The summed E-state index contributed by atoms with van der Waals surface area (Å²) in [6, 6.07) is 8.50. The van der Waals surface area contributed by atoms with E-state index < -0.39 is 12.7 Å². The van der Waals surface area contributed by atoms with Crippen LogP contribution in [0, 0.1) is 0 Å². The molecule has 1 N–H and O–H groups in total. The number of thiocarbonyl (C=S) groups is 1. The maximum absolute atomic E-state index is 13.1. The summed E-state index contributed by atoms with van der Waals surface area (Å²) in [5.41, 5.74) is 1.31. The zero-order valence-corrected chi connectivity index (χ0v) is 16.5. The molecule has 0 spiro atoms. The summed E-state index contributed by atoms with van der Waals surface area (Å²) in [7, 11) is 3.84. The van der Waals surface area contributed by atoms with Gasteiger partial charge >= 0.3 is 6.61 Å². The van der Waals surface area contributed by atoms with E-state index in [9.17, 15) is 13.6 Å². The molecule has 0 aliphatic heterocycles. The fourth-order valence-corrected chi connectivity index (χ4v) is 2.83. The number of pyridine rings is 1. The van der Waals surface area contributed by atoms with Gasteiger partial charge in [0.15, 0.2) is 17.4 Å². The Morgan fingerprint density at radius 2 is 1.86 bits per heavy atom. The van der Waals surface area contributed by atoms with E-state index in [4.69, 9.17) is 12.2 Å². The summed E-state index contributed by atoms with van der Waals surface area (Å²) in [6.45, 7) is 1.13. The number of anilines is 1. The third-order valence-corrected chi connectivity index (χ3v) is 4.30. The van der Waals surface area contributed by atoms with Gasteiger partial charge in [-0.25, -0.2) is 0 Å². The van der Waals surface area contributed by atoms with E-state index in [1.807, 2.05) is 31.1 Å². The topological polar surface area (TPSA) is 45.5 Å². The number of carbonyl (C=O) groups is 1. The molecule has 8 heteroatoms. The molecule has 0 fully saturated rings. The Morgan fingerprint density at radius 3 is 2.36 bits per heavy atom. The average molecular weight is 406 g/mol. The van der Waals surface area contributed by atoms with E-state index in [1.165, 1.54) is 24.3 Å². The maximum atomic E-state index is 13.1. The zero-order valence-electron chi connectivity index (χ0n) is 15.6. The molecule has 1 aromatic heterocycles. The SMILES string of the molecule is C=CCNC(=S)[C@H](C(=O)c1ccc(OC(F)F)cc1)[n+]1ccc(N(C)C)cc1. The minimum absolute atomic E-state index is 0.0153. The first-order valence-electron chi connectivity index (χ1n) is 8.49. The lowest BCUT2D eigenvalue weighted by molar-refractivity contribution is -0.692.